The van der Waals surface area contributed by atoms with Crippen LogP contribution >= 0.6 is 0 Å². The second-order valence-corrected chi connectivity index (χ2v) is 8.51. The maximum absolute atomic E-state index is 13.1. The highest BCUT2D eigenvalue weighted by Gasteiger charge is 2.42. The second kappa shape index (κ2) is 7.28. The summed E-state index contributed by atoms with van der Waals surface area (Å²) in [5.74, 6) is 0.0385. The van der Waals surface area contributed by atoms with Crippen LogP contribution in [0.4, 0.5) is 0 Å². The van der Waals surface area contributed by atoms with Crippen molar-refractivity contribution in [1.29, 1.82) is 0 Å². The first-order chi connectivity index (χ1) is 12.0. The molecular formula is C20H25NO3S. The summed E-state index contributed by atoms with van der Waals surface area (Å²) in [5, 5.41) is 3.64. The van der Waals surface area contributed by atoms with Crippen LogP contribution in [-0.2, 0) is 14.6 Å². The van der Waals surface area contributed by atoms with Gasteiger partial charge in [0.2, 0.25) is 0 Å². The van der Waals surface area contributed by atoms with Gasteiger partial charge in [0.05, 0.1) is 28.8 Å². The Morgan fingerprint density at radius 3 is 2.44 bits per heavy atom. The fourth-order valence-corrected chi connectivity index (χ4v) is 5.55. The van der Waals surface area contributed by atoms with Gasteiger partial charge in [-0.1, -0.05) is 55.5 Å². The predicted molar refractivity (Wildman–Crippen MR) is 99.4 cm³/mol. The summed E-state index contributed by atoms with van der Waals surface area (Å²) in [5.41, 5.74) is 1.25. The summed E-state index contributed by atoms with van der Waals surface area (Å²) < 4.78 is 31.9. The van der Waals surface area contributed by atoms with Crippen molar-refractivity contribution in [2.75, 3.05) is 19.0 Å². The first kappa shape index (κ1) is 18.1. The van der Waals surface area contributed by atoms with Crippen molar-refractivity contribution in [3.63, 3.8) is 0 Å². The Hall–Kier alpha value is -1.69. The van der Waals surface area contributed by atoms with E-state index in [1.807, 2.05) is 56.3 Å². The minimum absolute atomic E-state index is 0.0385. The molecule has 2 aromatic rings. The third-order valence-corrected chi connectivity index (χ3v) is 6.85. The second-order valence-electron chi connectivity index (χ2n) is 6.56. The van der Waals surface area contributed by atoms with Crippen LogP contribution in [0.2, 0.25) is 0 Å². The number of benzene rings is 2. The van der Waals surface area contributed by atoms with E-state index >= 15 is 0 Å². The lowest BCUT2D eigenvalue weighted by atomic mass is 9.92. The highest BCUT2D eigenvalue weighted by atomic mass is 32.2. The standard InChI is InChI=1S/C20H25NO3S/c1-3-20(14-24-4-2)15-25(22,23)18-13-9-8-12-17(18)19(21-20)16-10-6-5-7-11-16/h5-13,19,21H,3-4,14-15H2,1-2H3/t19-,20+/m0/s1. The SMILES string of the molecule is CCOC[C@]1(CC)CS(=O)(=O)c2ccccc2[C@H](c2ccccc2)N1. The van der Waals surface area contributed by atoms with Gasteiger partial charge in [-0.25, -0.2) is 8.42 Å². The number of rotatable bonds is 5. The van der Waals surface area contributed by atoms with Crippen LogP contribution < -0.4 is 5.32 Å². The molecule has 0 unspecified atom stereocenters. The van der Waals surface area contributed by atoms with Crippen LogP contribution in [0.5, 0.6) is 0 Å². The van der Waals surface area contributed by atoms with Crippen LogP contribution in [0.3, 0.4) is 0 Å². The van der Waals surface area contributed by atoms with Gasteiger partial charge in [-0.2, -0.15) is 0 Å². The van der Waals surface area contributed by atoms with Crippen LogP contribution in [0.15, 0.2) is 59.5 Å². The molecule has 0 radical (unpaired) electrons. The normalized spacial score (nSPS) is 25.1. The summed E-state index contributed by atoms with van der Waals surface area (Å²) in [6, 6.07) is 17.1. The van der Waals surface area contributed by atoms with E-state index < -0.39 is 15.4 Å². The molecule has 2 aromatic carbocycles. The van der Waals surface area contributed by atoms with E-state index in [9.17, 15) is 8.42 Å². The predicted octanol–water partition coefficient (Wildman–Crippen LogP) is 3.34. The Morgan fingerprint density at radius 1 is 1.08 bits per heavy atom. The van der Waals surface area contributed by atoms with Crippen LogP contribution in [0.1, 0.15) is 37.4 Å². The van der Waals surface area contributed by atoms with Gasteiger partial charge < -0.3 is 4.74 Å². The number of nitrogens with one attached hydrogen (secondary N) is 1. The summed E-state index contributed by atoms with van der Waals surface area (Å²) in [4.78, 5) is 0.420. The molecule has 134 valence electrons. The zero-order valence-corrected chi connectivity index (χ0v) is 15.6. The fraction of sp³-hybridized carbons (Fsp3) is 0.400. The van der Waals surface area contributed by atoms with E-state index in [0.717, 1.165) is 11.1 Å². The molecule has 2 atom stereocenters. The third-order valence-electron chi connectivity index (χ3n) is 4.87. The van der Waals surface area contributed by atoms with E-state index in [4.69, 9.17) is 4.74 Å². The van der Waals surface area contributed by atoms with E-state index in [0.29, 0.717) is 24.5 Å². The Morgan fingerprint density at radius 2 is 1.76 bits per heavy atom. The van der Waals surface area contributed by atoms with Gasteiger partial charge in [0.15, 0.2) is 9.84 Å². The molecule has 1 N–H and O–H groups in total. The minimum Gasteiger partial charge on any atom is -0.380 e. The number of sulfone groups is 1. The van der Waals surface area contributed by atoms with Crippen molar-refractivity contribution in [2.45, 2.75) is 36.7 Å². The Kier molecular flexibility index (Phi) is 5.27. The molecule has 0 spiro atoms. The molecule has 25 heavy (non-hydrogen) atoms. The summed E-state index contributed by atoms with van der Waals surface area (Å²) >= 11 is 0. The van der Waals surface area contributed by atoms with Gasteiger partial charge in [0, 0.05) is 6.61 Å². The number of hydrogen-bond acceptors (Lipinski definition) is 4. The Balaban J connectivity index is 2.17. The van der Waals surface area contributed by atoms with Crippen LogP contribution in [-0.4, -0.2) is 32.9 Å². The zero-order chi connectivity index (χ0) is 17.9. The van der Waals surface area contributed by atoms with Gasteiger partial charge in [-0.05, 0) is 30.5 Å². The van der Waals surface area contributed by atoms with Crippen LogP contribution in [0, 0.1) is 0 Å². The molecule has 0 aliphatic carbocycles. The first-order valence-electron chi connectivity index (χ1n) is 8.73. The van der Waals surface area contributed by atoms with Gasteiger partial charge >= 0.3 is 0 Å². The lowest BCUT2D eigenvalue weighted by Gasteiger charge is -2.35. The van der Waals surface area contributed by atoms with Gasteiger partial charge in [-0.3, -0.25) is 5.32 Å². The number of fused-ring (bicyclic) bond motifs is 1. The number of hydrogen-bond donors (Lipinski definition) is 1. The molecular weight excluding hydrogens is 334 g/mol. The van der Waals surface area contributed by atoms with Crippen molar-refractivity contribution in [3.8, 4) is 0 Å². The van der Waals surface area contributed by atoms with E-state index in [1.165, 1.54) is 0 Å². The number of ether oxygens (including phenoxy) is 1. The molecule has 0 fully saturated rings. The molecule has 0 bridgehead atoms. The van der Waals surface area contributed by atoms with E-state index in [1.54, 1.807) is 12.1 Å². The lowest BCUT2D eigenvalue weighted by molar-refractivity contribution is 0.0800. The molecule has 0 amide bonds. The summed E-state index contributed by atoms with van der Waals surface area (Å²) in [6.45, 7) is 4.88. The Bertz CT molecular complexity index is 820. The smallest absolute Gasteiger partial charge is 0.180 e. The van der Waals surface area contributed by atoms with Gasteiger partial charge in [0.25, 0.3) is 0 Å². The average molecular weight is 359 g/mol. The van der Waals surface area contributed by atoms with E-state index in [-0.39, 0.29) is 11.8 Å². The quantitative estimate of drug-likeness (QED) is 0.890. The first-order valence-corrected chi connectivity index (χ1v) is 10.4. The minimum atomic E-state index is -3.41. The monoisotopic (exact) mass is 359 g/mol. The van der Waals surface area contributed by atoms with Crippen molar-refractivity contribution in [3.05, 3.63) is 65.7 Å². The van der Waals surface area contributed by atoms with Gasteiger partial charge in [-0.15, -0.1) is 0 Å². The molecule has 1 aliphatic rings. The highest BCUT2D eigenvalue weighted by Crippen LogP contribution is 2.36. The molecule has 0 saturated carbocycles. The van der Waals surface area contributed by atoms with Gasteiger partial charge in [0.1, 0.15) is 0 Å². The molecule has 1 aliphatic heterocycles. The molecule has 4 nitrogen and oxygen atoms in total. The molecule has 5 heteroatoms. The van der Waals surface area contributed by atoms with E-state index in [2.05, 4.69) is 5.32 Å². The average Bonchev–Trinajstić information content (AvgIpc) is 2.74. The topological polar surface area (TPSA) is 55.4 Å². The maximum Gasteiger partial charge on any atom is 0.180 e. The highest BCUT2D eigenvalue weighted by molar-refractivity contribution is 7.91. The molecule has 3 rings (SSSR count). The maximum atomic E-state index is 13.1. The molecule has 1 heterocycles. The summed E-state index contributed by atoms with van der Waals surface area (Å²) in [7, 11) is -3.41. The zero-order valence-electron chi connectivity index (χ0n) is 14.7. The van der Waals surface area contributed by atoms with Crippen molar-refractivity contribution < 1.29 is 13.2 Å². The van der Waals surface area contributed by atoms with Crippen molar-refractivity contribution >= 4 is 9.84 Å². The van der Waals surface area contributed by atoms with Crippen molar-refractivity contribution in [2.24, 2.45) is 0 Å². The summed E-state index contributed by atoms with van der Waals surface area (Å²) in [6.07, 6.45) is 0.670. The van der Waals surface area contributed by atoms with Crippen molar-refractivity contribution in [1.82, 2.24) is 5.32 Å². The fourth-order valence-electron chi connectivity index (χ4n) is 3.46. The molecule has 0 saturated heterocycles. The Labute approximate surface area is 150 Å². The lowest BCUT2D eigenvalue weighted by Crippen LogP contribution is -2.53. The van der Waals surface area contributed by atoms with Crippen LogP contribution in [0.25, 0.3) is 0 Å². The molecule has 0 aromatic heterocycles. The third kappa shape index (κ3) is 3.64. The largest absolute Gasteiger partial charge is 0.380 e.